The van der Waals surface area contributed by atoms with Crippen LogP contribution in [-0.4, -0.2) is 15.9 Å². The Morgan fingerprint density at radius 1 is 1.47 bits per heavy atom. The second kappa shape index (κ2) is 7.73. The molecule has 0 aromatic carbocycles. The van der Waals surface area contributed by atoms with Crippen molar-refractivity contribution < 1.29 is 9.90 Å². The number of unbranched alkanes of at least 4 members (excludes halogenated alkanes) is 1. The van der Waals surface area contributed by atoms with E-state index in [1.165, 1.54) is 0 Å². The minimum atomic E-state index is -0.994. The van der Waals surface area contributed by atoms with Crippen molar-refractivity contribution in [2.75, 3.05) is 0 Å². The van der Waals surface area contributed by atoms with Crippen LogP contribution in [0.3, 0.4) is 0 Å². The van der Waals surface area contributed by atoms with Crippen molar-refractivity contribution in [1.82, 2.24) is 16.1 Å². The van der Waals surface area contributed by atoms with E-state index in [4.69, 9.17) is 0 Å². The number of hydrogen-bond donors (Lipinski definition) is 1. The fourth-order valence-corrected chi connectivity index (χ4v) is 1.75. The first-order valence-corrected chi connectivity index (χ1v) is 5.63. The number of nitrogens with zero attached hydrogens (tertiary/aromatic N) is 2. The van der Waals surface area contributed by atoms with Crippen molar-refractivity contribution in [3.8, 4) is 0 Å². The number of carbonyl (C=O) groups excluding carboxylic acids is 1. The van der Waals surface area contributed by atoms with Crippen LogP contribution < -0.4 is 11.3 Å². The Morgan fingerprint density at radius 3 is 2.65 bits per heavy atom. The van der Waals surface area contributed by atoms with Gasteiger partial charge in [-0.05, 0) is 6.42 Å². The Hall–Kier alpha value is -1.49. The van der Waals surface area contributed by atoms with Crippen LogP contribution in [0.15, 0.2) is 18.6 Å². The van der Waals surface area contributed by atoms with E-state index in [1.807, 2.05) is 13.8 Å². The minimum absolute atomic E-state index is 0. The molecule has 0 radical (unpaired) electrons. The molecule has 1 heterocycles. The lowest BCUT2D eigenvalue weighted by molar-refractivity contribution is -0.312. The standard InChI is InChI=1S/C12H18N2O2.H3N/c1-3-4-5-10(12(15)16)9(2)11-8-13-6-7-14-11;/h6-10H,3-5H2,1-2H3,(H,15,16);1H3. The second-order valence-electron chi connectivity index (χ2n) is 3.99. The molecule has 1 aromatic rings. The lowest BCUT2D eigenvalue weighted by atomic mass is 9.87. The Morgan fingerprint density at radius 2 is 2.18 bits per heavy atom. The maximum atomic E-state index is 11.1. The zero-order valence-electron chi connectivity index (χ0n) is 10.7. The van der Waals surface area contributed by atoms with E-state index in [-0.39, 0.29) is 12.1 Å². The molecule has 1 rings (SSSR count). The topological polar surface area (TPSA) is 102 Å². The average Bonchev–Trinajstić information content (AvgIpc) is 2.30. The van der Waals surface area contributed by atoms with E-state index in [0.29, 0.717) is 12.1 Å². The molecule has 2 atom stereocenters. The average molecular weight is 239 g/mol. The second-order valence-corrected chi connectivity index (χ2v) is 3.99. The number of carboxylic acid groups (broad SMARTS) is 1. The quantitative estimate of drug-likeness (QED) is 0.812. The first kappa shape index (κ1) is 15.5. The van der Waals surface area contributed by atoms with E-state index in [9.17, 15) is 9.90 Å². The van der Waals surface area contributed by atoms with Crippen LogP contribution in [0, 0.1) is 5.92 Å². The van der Waals surface area contributed by atoms with Crippen LogP contribution in [0.25, 0.3) is 0 Å². The van der Waals surface area contributed by atoms with Crippen LogP contribution in [-0.2, 0) is 4.79 Å². The smallest absolute Gasteiger partial charge is 0.0621 e. The Balaban J connectivity index is 0.00000256. The fourth-order valence-electron chi connectivity index (χ4n) is 1.75. The molecule has 4 N–H and O–H groups in total. The first-order chi connectivity index (χ1) is 7.66. The SMILES string of the molecule is CCCCC(C(=O)[O-])C(C)c1cnccn1.[NH4+]. The van der Waals surface area contributed by atoms with Crippen LogP contribution >= 0.6 is 0 Å². The summed E-state index contributed by atoms with van der Waals surface area (Å²) in [6.45, 7) is 3.90. The van der Waals surface area contributed by atoms with E-state index < -0.39 is 11.9 Å². The molecule has 0 fully saturated rings. The molecule has 0 amide bonds. The van der Waals surface area contributed by atoms with Gasteiger partial charge in [0.2, 0.25) is 0 Å². The van der Waals surface area contributed by atoms with Crippen molar-refractivity contribution in [2.45, 2.75) is 39.0 Å². The molecule has 96 valence electrons. The molecule has 0 saturated heterocycles. The Labute approximate surface area is 102 Å². The predicted octanol–water partition coefficient (Wildman–Crippen LogP) is 1.51. The monoisotopic (exact) mass is 239 g/mol. The van der Waals surface area contributed by atoms with Gasteiger partial charge in [-0.3, -0.25) is 9.97 Å². The number of quaternary nitrogens is 1. The van der Waals surface area contributed by atoms with Crippen molar-refractivity contribution in [3.63, 3.8) is 0 Å². The molecule has 0 aliphatic rings. The summed E-state index contributed by atoms with van der Waals surface area (Å²) in [4.78, 5) is 19.1. The predicted molar refractivity (Wildman–Crippen MR) is 64.5 cm³/mol. The summed E-state index contributed by atoms with van der Waals surface area (Å²) in [5, 5.41) is 11.1. The molecule has 5 heteroatoms. The molecule has 1 aromatic heterocycles. The largest absolute Gasteiger partial charge is 0.550 e. The summed E-state index contributed by atoms with van der Waals surface area (Å²) in [5.74, 6) is -1.62. The van der Waals surface area contributed by atoms with E-state index >= 15 is 0 Å². The first-order valence-electron chi connectivity index (χ1n) is 5.63. The minimum Gasteiger partial charge on any atom is -0.550 e. The van der Waals surface area contributed by atoms with Gasteiger partial charge in [-0.25, -0.2) is 0 Å². The van der Waals surface area contributed by atoms with Crippen molar-refractivity contribution in [1.29, 1.82) is 0 Å². The maximum Gasteiger partial charge on any atom is 0.0621 e. The van der Waals surface area contributed by atoms with Gasteiger partial charge in [0.25, 0.3) is 0 Å². The molecule has 0 bridgehead atoms. The van der Waals surface area contributed by atoms with Crippen molar-refractivity contribution >= 4 is 5.97 Å². The molecule has 0 spiro atoms. The van der Waals surface area contributed by atoms with Crippen LogP contribution in [0.2, 0.25) is 0 Å². The molecular formula is C12H21N3O2. The Bertz CT molecular complexity index is 330. The van der Waals surface area contributed by atoms with Gasteiger partial charge < -0.3 is 16.1 Å². The zero-order valence-corrected chi connectivity index (χ0v) is 10.7. The summed E-state index contributed by atoms with van der Waals surface area (Å²) in [6.07, 6.45) is 7.29. The summed E-state index contributed by atoms with van der Waals surface area (Å²) < 4.78 is 0. The van der Waals surface area contributed by atoms with Crippen LogP contribution in [0.1, 0.15) is 44.7 Å². The summed E-state index contributed by atoms with van der Waals surface area (Å²) in [7, 11) is 0. The maximum absolute atomic E-state index is 11.1. The highest BCUT2D eigenvalue weighted by molar-refractivity contribution is 5.68. The van der Waals surface area contributed by atoms with Gasteiger partial charge in [-0.2, -0.15) is 0 Å². The number of aliphatic carboxylic acids is 1. The number of carbonyl (C=O) groups is 1. The fraction of sp³-hybridized carbons (Fsp3) is 0.583. The van der Waals surface area contributed by atoms with Gasteiger partial charge in [0, 0.05) is 36.4 Å². The number of hydrogen-bond acceptors (Lipinski definition) is 4. The number of rotatable bonds is 6. The lowest BCUT2D eigenvalue weighted by Crippen LogP contribution is -2.34. The van der Waals surface area contributed by atoms with Crippen LogP contribution in [0.4, 0.5) is 0 Å². The van der Waals surface area contributed by atoms with Gasteiger partial charge in [-0.15, -0.1) is 0 Å². The normalized spacial score (nSPS) is 13.5. The van der Waals surface area contributed by atoms with Gasteiger partial charge >= 0.3 is 0 Å². The molecule has 0 saturated carbocycles. The highest BCUT2D eigenvalue weighted by atomic mass is 16.4. The lowest BCUT2D eigenvalue weighted by Gasteiger charge is -2.24. The van der Waals surface area contributed by atoms with Gasteiger partial charge in [0.1, 0.15) is 0 Å². The van der Waals surface area contributed by atoms with E-state index in [2.05, 4.69) is 9.97 Å². The third kappa shape index (κ3) is 4.48. The number of carboxylic acids is 1. The molecule has 0 aliphatic carbocycles. The summed E-state index contributed by atoms with van der Waals surface area (Å²) in [5.41, 5.74) is 0.716. The van der Waals surface area contributed by atoms with Crippen LogP contribution in [0.5, 0.6) is 0 Å². The van der Waals surface area contributed by atoms with Crippen molar-refractivity contribution in [3.05, 3.63) is 24.3 Å². The third-order valence-corrected chi connectivity index (χ3v) is 2.82. The molecule has 2 unspecified atom stereocenters. The molecule has 5 nitrogen and oxygen atoms in total. The third-order valence-electron chi connectivity index (χ3n) is 2.82. The van der Waals surface area contributed by atoms with E-state index in [1.54, 1.807) is 18.6 Å². The highest BCUT2D eigenvalue weighted by Crippen LogP contribution is 2.25. The highest BCUT2D eigenvalue weighted by Gasteiger charge is 2.20. The van der Waals surface area contributed by atoms with Gasteiger partial charge in [-0.1, -0.05) is 26.7 Å². The molecule has 0 aliphatic heterocycles. The number of aromatic nitrogens is 2. The molecule has 17 heavy (non-hydrogen) atoms. The summed E-state index contributed by atoms with van der Waals surface area (Å²) >= 11 is 0. The summed E-state index contributed by atoms with van der Waals surface area (Å²) in [6, 6.07) is 0. The zero-order chi connectivity index (χ0) is 12.0. The molecular weight excluding hydrogens is 218 g/mol. The Kier molecular flexibility index (Phi) is 7.05. The van der Waals surface area contributed by atoms with Gasteiger partial charge in [0.15, 0.2) is 0 Å². The van der Waals surface area contributed by atoms with Crippen molar-refractivity contribution in [2.24, 2.45) is 5.92 Å². The van der Waals surface area contributed by atoms with Gasteiger partial charge in [0.05, 0.1) is 5.69 Å². The van der Waals surface area contributed by atoms with E-state index in [0.717, 1.165) is 12.8 Å².